The highest BCUT2D eigenvalue weighted by atomic mass is 35.5. The maximum Gasteiger partial charge on any atom is 0.145 e. The Morgan fingerprint density at radius 2 is 1.67 bits per heavy atom. The largest absolute Gasteiger partial charge is 0.365 e. The van der Waals surface area contributed by atoms with Gasteiger partial charge in [-0.15, -0.1) is 0 Å². The van der Waals surface area contributed by atoms with E-state index in [-0.39, 0.29) is 0 Å². The maximum absolute atomic E-state index is 5.90. The Bertz CT molecular complexity index is 712. The third-order valence-corrected chi connectivity index (χ3v) is 3.34. The molecule has 1 N–H and O–H groups in total. The zero-order chi connectivity index (χ0) is 14.5. The molecule has 21 heavy (non-hydrogen) atoms. The number of anilines is 1. The van der Waals surface area contributed by atoms with Crippen LogP contribution in [0.15, 0.2) is 67.0 Å². The number of rotatable bonds is 4. The first kappa shape index (κ1) is 13.6. The quantitative estimate of drug-likeness (QED) is 0.775. The molecule has 0 saturated heterocycles. The molecule has 0 radical (unpaired) electrons. The van der Waals surface area contributed by atoms with Crippen molar-refractivity contribution < 1.29 is 0 Å². The number of nitrogens with one attached hydrogen (secondary N) is 1. The molecule has 104 valence electrons. The molecule has 3 rings (SSSR count). The van der Waals surface area contributed by atoms with Crippen molar-refractivity contribution in [3.8, 4) is 11.3 Å². The molecule has 1 heterocycles. The topological polar surface area (TPSA) is 37.8 Å². The number of benzene rings is 2. The Labute approximate surface area is 128 Å². The fourth-order valence-electron chi connectivity index (χ4n) is 2.00. The zero-order valence-electron chi connectivity index (χ0n) is 11.3. The molecule has 3 nitrogen and oxygen atoms in total. The van der Waals surface area contributed by atoms with Crippen LogP contribution in [0.3, 0.4) is 0 Å². The van der Waals surface area contributed by atoms with E-state index in [1.807, 2.05) is 42.5 Å². The van der Waals surface area contributed by atoms with E-state index in [9.17, 15) is 0 Å². The van der Waals surface area contributed by atoms with E-state index in [2.05, 4.69) is 27.4 Å². The minimum Gasteiger partial charge on any atom is -0.365 e. The molecule has 0 aliphatic carbocycles. The van der Waals surface area contributed by atoms with Gasteiger partial charge in [-0.3, -0.25) is 4.98 Å². The highest BCUT2D eigenvalue weighted by Gasteiger charge is 2.02. The molecule has 0 bridgehead atoms. The molecule has 1 aromatic heterocycles. The van der Waals surface area contributed by atoms with Crippen molar-refractivity contribution in [3.05, 3.63) is 77.6 Å². The summed E-state index contributed by atoms with van der Waals surface area (Å²) in [6, 6.07) is 17.8. The minimum absolute atomic E-state index is 0.713. The lowest BCUT2D eigenvalue weighted by molar-refractivity contribution is 1.09. The summed E-state index contributed by atoms with van der Waals surface area (Å²) in [5.74, 6) is 0.756. The van der Waals surface area contributed by atoms with Gasteiger partial charge < -0.3 is 5.32 Å². The van der Waals surface area contributed by atoms with Gasteiger partial charge in [0.2, 0.25) is 0 Å². The molecule has 0 aliphatic rings. The van der Waals surface area contributed by atoms with Crippen LogP contribution < -0.4 is 5.32 Å². The van der Waals surface area contributed by atoms with Crippen LogP contribution >= 0.6 is 11.6 Å². The Balaban J connectivity index is 1.75. The predicted octanol–water partition coefficient (Wildman–Crippen LogP) is 4.41. The lowest BCUT2D eigenvalue weighted by atomic mass is 10.2. The molecule has 0 unspecified atom stereocenters. The summed E-state index contributed by atoms with van der Waals surface area (Å²) < 4.78 is 0. The van der Waals surface area contributed by atoms with Crippen molar-refractivity contribution in [3.63, 3.8) is 0 Å². The summed E-state index contributed by atoms with van der Waals surface area (Å²) in [5, 5.41) is 4.00. The molecule has 0 atom stereocenters. The van der Waals surface area contributed by atoms with Gasteiger partial charge in [0, 0.05) is 17.1 Å². The Morgan fingerprint density at radius 3 is 2.43 bits per heavy atom. The molecule has 0 spiro atoms. The molecule has 0 aliphatic heterocycles. The Morgan fingerprint density at radius 1 is 0.905 bits per heavy atom. The van der Waals surface area contributed by atoms with Crippen LogP contribution in [0.5, 0.6) is 0 Å². The second kappa shape index (κ2) is 6.37. The second-order valence-electron chi connectivity index (χ2n) is 4.64. The van der Waals surface area contributed by atoms with Crippen molar-refractivity contribution in [1.82, 2.24) is 9.97 Å². The zero-order valence-corrected chi connectivity index (χ0v) is 12.1. The molecular weight excluding hydrogens is 282 g/mol. The van der Waals surface area contributed by atoms with Crippen LogP contribution in [0.25, 0.3) is 11.3 Å². The summed E-state index contributed by atoms with van der Waals surface area (Å²) in [5.41, 5.74) is 3.02. The van der Waals surface area contributed by atoms with E-state index in [0.717, 1.165) is 23.6 Å². The van der Waals surface area contributed by atoms with Crippen LogP contribution in [0.2, 0.25) is 5.02 Å². The van der Waals surface area contributed by atoms with Crippen molar-refractivity contribution in [2.45, 2.75) is 6.54 Å². The highest BCUT2D eigenvalue weighted by Crippen LogP contribution is 2.20. The molecule has 4 heteroatoms. The molecular formula is C17H14ClN3. The van der Waals surface area contributed by atoms with E-state index >= 15 is 0 Å². The number of hydrogen-bond donors (Lipinski definition) is 1. The third kappa shape index (κ3) is 3.58. The number of halogens is 1. The summed E-state index contributed by atoms with van der Waals surface area (Å²) in [7, 11) is 0. The van der Waals surface area contributed by atoms with Crippen molar-refractivity contribution in [2.75, 3.05) is 5.32 Å². The summed E-state index contributed by atoms with van der Waals surface area (Å²) in [6.07, 6.45) is 3.47. The molecule has 0 saturated carbocycles. The number of nitrogens with zero attached hydrogens (tertiary/aromatic N) is 2. The van der Waals surface area contributed by atoms with Crippen LogP contribution in [0.4, 0.5) is 5.82 Å². The highest BCUT2D eigenvalue weighted by molar-refractivity contribution is 6.30. The predicted molar refractivity (Wildman–Crippen MR) is 86.2 cm³/mol. The molecule has 0 fully saturated rings. The summed E-state index contributed by atoms with van der Waals surface area (Å²) in [4.78, 5) is 8.81. The lowest BCUT2D eigenvalue weighted by Crippen LogP contribution is -2.02. The first-order chi connectivity index (χ1) is 10.3. The van der Waals surface area contributed by atoms with Gasteiger partial charge in [-0.25, -0.2) is 4.98 Å². The number of aromatic nitrogens is 2. The SMILES string of the molecule is Clc1ccc(-c2cncc(NCc3ccccc3)n2)cc1. The monoisotopic (exact) mass is 295 g/mol. The van der Waals surface area contributed by atoms with Gasteiger partial charge in [-0.2, -0.15) is 0 Å². The van der Waals surface area contributed by atoms with Gasteiger partial charge in [0.05, 0.1) is 18.1 Å². The fourth-order valence-corrected chi connectivity index (χ4v) is 2.13. The first-order valence-electron chi connectivity index (χ1n) is 6.67. The van der Waals surface area contributed by atoms with Crippen LogP contribution in [-0.2, 0) is 6.54 Å². The average Bonchev–Trinajstić information content (AvgIpc) is 2.55. The van der Waals surface area contributed by atoms with E-state index < -0.39 is 0 Å². The Hall–Kier alpha value is -2.39. The van der Waals surface area contributed by atoms with Crippen LogP contribution in [-0.4, -0.2) is 9.97 Å². The van der Waals surface area contributed by atoms with Crippen LogP contribution in [0, 0.1) is 0 Å². The van der Waals surface area contributed by atoms with E-state index in [4.69, 9.17) is 11.6 Å². The summed E-state index contributed by atoms with van der Waals surface area (Å²) >= 11 is 5.90. The Kier molecular flexibility index (Phi) is 4.12. The minimum atomic E-state index is 0.713. The van der Waals surface area contributed by atoms with E-state index in [0.29, 0.717) is 5.02 Å². The van der Waals surface area contributed by atoms with E-state index in [1.165, 1.54) is 5.56 Å². The van der Waals surface area contributed by atoms with Crippen LogP contribution in [0.1, 0.15) is 5.56 Å². The third-order valence-electron chi connectivity index (χ3n) is 3.09. The smallest absolute Gasteiger partial charge is 0.145 e. The van der Waals surface area contributed by atoms with Gasteiger partial charge in [-0.05, 0) is 17.7 Å². The number of hydrogen-bond acceptors (Lipinski definition) is 3. The standard InChI is InChI=1S/C17H14ClN3/c18-15-8-6-14(7-9-15)16-11-19-12-17(21-16)20-10-13-4-2-1-3-5-13/h1-9,11-12H,10H2,(H,20,21). The summed E-state index contributed by atoms with van der Waals surface area (Å²) in [6.45, 7) is 0.722. The van der Waals surface area contributed by atoms with Gasteiger partial charge in [0.15, 0.2) is 0 Å². The van der Waals surface area contributed by atoms with Crippen molar-refractivity contribution >= 4 is 17.4 Å². The molecule has 0 amide bonds. The van der Waals surface area contributed by atoms with Gasteiger partial charge in [0.25, 0.3) is 0 Å². The van der Waals surface area contributed by atoms with Gasteiger partial charge >= 0.3 is 0 Å². The molecule has 3 aromatic rings. The maximum atomic E-state index is 5.90. The molecule has 2 aromatic carbocycles. The van der Waals surface area contributed by atoms with Crippen molar-refractivity contribution in [1.29, 1.82) is 0 Å². The average molecular weight is 296 g/mol. The van der Waals surface area contributed by atoms with E-state index in [1.54, 1.807) is 12.4 Å². The van der Waals surface area contributed by atoms with Gasteiger partial charge in [-0.1, -0.05) is 54.1 Å². The lowest BCUT2D eigenvalue weighted by Gasteiger charge is -2.07. The van der Waals surface area contributed by atoms with Gasteiger partial charge in [0.1, 0.15) is 5.82 Å². The normalized spacial score (nSPS) is 10.3. The fraction of sp³-hybridized carbons (Fsp3) is 0.0588. The first-order valence-corrected chi connectivity index (χ1v) is 7.05. The second-order valence-corrected chi connectivity index (χ2v) is 5.07. The van der Waals surface area contributed by atoms with Crippen molar-refractivity contribution in [2.24, 2.45) is 0 Å².